The van der Waals surface area contributed by atoms with E-state index in [9.17, 15) is 9.59 Å². The molecule has 1 aliphatic heterocycles. The summed E-state index contributed by atoms with van der Waals surface area (Å²) in [5.41, 5.74) is 0.0305. The first-order valence-corrected chi connectivity index (χ1v) is 9.11. The molecule has 1 aliphatic carbocycles. The van der Waals surface area contributed by atoms with Crippen LogP contribution in [-0.2, 0) is 9.53 Å². The first-order chi connectivity index (χ1) is 12.2. The second-order valence-corrected chi connectivity index (χ2v) is 6.82. The molecule has 138 valence electrons. The van der Waals surface area contributed by atoms with E-state index in [-0.39, 0.29) is 29.7 Å². The minimum Gasteiger partial charge on any atom is -0.459 e. The van der Waals surface area contributed by atoms with Crippen molar-refractivity contribution in [3.05, 3.63) is 24.2 Å². The van der Waals surface area contributed by atoms with Gasteiger partial charge >= 0.3 is 0 Å². The molecule has 1 saturated heterocycles. The van der Waals surface area contributed by atoms with Gasteiger partial charge in [0.15, 0.2) is 5.76 Å². The Labute approximate surface area is 148 Å². The number of rotatable bonds is 6. The average Bonchev–Trinajstić information content (AvgIpc) is 3.21. The summed E-state index contributed by atoms with van der Waals surface area (Å²) >= 11 is 0. The number of nitrogens with zero attached hydrogens (tertiary/aromatic N) is 1. The molecule has 0 aromatic carbocycles. The van der Waals surface area contributed by atoms with Crippen LogP contribution in [0.3, 0.4) is 0 Å². The third-order valence-corrected chi connectivity index (χ3v) is 5.24. The number of furan rings is 1. The smallest absolute Gasteiger partial charge is 0.287 e. The molecule has 2 aliphatic rings. The lowest BCUT2D eigenvalue weighted by atomic mass is 9.79. The van der Waals surface area contributed by atoms with Crippen LogP contribution in [0.15, 0.2) is 22.8 Å². The molecule has 0 atom stereocenters. The Morgan fingerprint density at radius 1 is 1.12 bits per heavy atom. The van der Waals surface area contributed by atoms with Gasteiger partial charge in [0.05, 0.1) is 26.0 Å². The van der Waals surface area contributed by atoms with Crippen LogP contribution in [0.4, 0.5) is 0 Å². The quantitative estimate of drug-likeness (QED) is 0.805. The van der Waals surface area contributed by atoms with Gasteiger partial charge in [0.1, 0.15) is 0 Å². The average molecular weight is 349 g/mol. The Balaban J connectivity index is 1.50. The first-order valence-electron chi connectivity index (χ1n) is 9.11. The number of nitrogens with one attached hydrogen (secondary N) is 2. The molecule has 0 bridgehead atoms. The molecule has 2 heterocycles. The maximum absolute atomic E-state index is 12.2. The van der Waals surface area contributed by atoms with Crippen molar-refractivity contribution in [1.82, 2.24) is 15.5 Å². The summed E-state index contributed by atoms with van der Waals surface area (Å²) in [7, 11) is 0. The van der Waals surface area contributed by atoms with Crippen molar-refractivity contribution in [2.24, 2.45) is 0 Å². The van der Waals surface area contributed by atoms with Crippen LogP contribution in [0.25, 0.3) is 0 Å². The molecule has 1 aromatic heterocycles. The summed E-state index contributed by atoms with van der Waals surface area (Å²) in [6, 6.07) is 3.22. The fourth-order valence-corrected chi connectivity index (χ4v) is 3.83. The molecule has 7 nitrogen and oxygen atoms in total. The highest BCUT2D eigenvalue weighted by molar-refractivity contribution is 5.94. The predicted octanol–water partition coefficient (Wildman–Crippen LogP) is 1.16. The molecule has 25 heavy (non-hydrogen) atoms. The van der Waals surface area contributed by atoms with Gasteiger partial charge in [-0.3, -0.25) is 14.5 Å². The Kier molecular flexibility index (Phi) is 6.09. The van der Waals surface area contributed by atoms with E-state index in [1.165, 1.54) is 25.5 Å². The van der Waals surface area contributed by atoms with Gasteiger partial charge in [0, 0.05) is 25.2 Å². The lowest BCUT2D eigenvalue weighted by Gasteiger charge is -2.48. The van der Waals surface area contributed by atoms with E-state index in [4.69, 9.17) is 9.15 Å². The van der Waals surface area contributed by atoms with E-state index < -0.39 is 0 Å². The van der Waals surface area contributed by atoms with E-state index in [0.717, 1.165) is 39.1 Å². The van der Waals surface area contributed by atoms with E-state index in [1.807, 2.05) is 0 Å². The summed E-state index contributed by atoms with van der Waals surface area (Å²) < 4.78 is 10.5. The van der Waals surface area contributed by atoms with Gasteiger partial charge in [0.25, 0.3) is 5.91 Å². The third kappa shape index (κ3) is 4.61. The minimum absolute atomic E-state index is 0.0305. The second-order valence-electron chi connectivity index (χ2n) is 6.82. The van der Waals surface area contributed by atoms with Gasteiger partial charge < -0.3 is 19.8 Å². The molecular formula is C18H27N3O4. The number of hydrogen-bond donors (Lipinski definition) is 2. The van der Waals surface area contributed by atoms with E-state index >= 15 is 0 Å². The van der Waals surface area contributed by atoms with Crippen molar-refractivity contribution in [3.8, 4) is 0 Å². The molecule has 2 N–H and O–H groups in total. The van der Waals surface area contributed by atoms with Crippen LogP contribution in [0.1, 0.15) is 42.7 Å². The zero-order chi connectivity index (χ0) is 17.5. The van der Waals surface area contributed by atoms with Gasteiger partial charge in [0.2, 0.25) is 5.91 Å². The second kappa shape index (κ2) is 8.49. The van der Waals surface area contributed by atoms with E-state index in [0.29, 0.717) is 6.54 Å². The normalized spacial score (nSPS) is 20.8. The van der Waals surface area contributed by atoms with Crippen molar-refractivity contribution in [2.75, 3.05) is 39.4 Å². The molecule has 1 aromatic rings. The van der Waals surface area contributed by atoms with Crippen LogP contribution >= 0.6 is 0 Å². The molecular weight excluding hydrogens is 322 g/mol. The molecule has 2 amide bonds. The highest BCUT2D eigenvalue weighted by atomic mass is 16.5. The summed E-state index contributed by atoms with van der Waals surface area (Å²) in [6.07, 6.45) is 7.30. The Morgan fingerprint density at radius 2 is 1.88 bits per heavy atom. The topological polar surface area (TPSA) is 83.8 Å². The Morgan fingerprint density at radius 3 is 2.56 bits per heavy atom. The molecule has 0 radical (unpaired) electrons. The summed E-state index contributed by atoms with van der Waals surface area (Å²) in [5.74, 6) is -0.330. The van der Waals surface area contributed by atoms with Crippen LogP contribution in [-0.4, -0.2) is 61.6 Å². The van der Waals surface area contributed by atoms with E-state index in [2.05, 4.69) is 15.5 Å². The number of morpholine rings is 1. The standard InChI is InChI=1S/C18H27N3O4/c22-16(13-19-17(23)15-5-4-10-25-15)20-14-18(6-2-1-3-7-18)21-8-11-24-12-9-21/h4-5,10H,1-3,6-9,11-14H2,(H,19,23)(H,20,22). The highest BCUT2D eigenvalue weighted by Gasteiger charge is 2.38. The van der Waals surface area contributed by atoms with Gasteiger partial charge in [-0.15, -0.1) is 0 Å². The van der Waals surface area contributed by atoms with Crippen LogP contribution in [0.5, 0.6) is 0 Å². The molecule has 7 heteroatoms. The molecule has 3 rings (SSSR count). The number of ether oxygens (including phenoxy) is 1. The van der Waals surface area contributed by atoms with E-state index in [1.54, 1.807) is 12.1 Å². The fraction of sp³-hybridized carbons (Fsp3) is 0.667. The molecule has 1 saturated carbocycles. The Bertz CT molecular complexity index is 561. The number of carbonyl (C=O) groups excluding carboxylic acids is 2. The summed E-state index contributed by atoms with van der Waals surface area (Å²) in [6.45, 7) is 3.95. The summed E-state index contributed by atoms with van der Waals surface area (Å²) in [4.78, 5) is 26.5. The minimum atomic E-state index is -0.374. The SMILES string of the molecule is O=C(CNC(=O)c1ccco1)NCC1(N2CCOCC2)CCCCC1. The molecule has 0 unspecified atom stereocenters. The maximum Gasteiger partial charge on any atom is 0.287 e. The number of hydrogen-bond acceptors (Lipinski definition) is 5. The third-order valence-electron chi connectivity index (χ3n) is 5.24. The maximum atomic E-state index is 12.2. The zero-order valence-corrected chi connectivity index (χ0v) is 14.6. The summed E-state index contributed by atoms with van der Waals surface area (Å²) in [5, 5.41) is 5.61. The van der Waals surface area contributed by atoms with Gasteiger partial charge in [-0.05, 0) is 25.0 Å². The largest absolute Gasteiger partial charge is 0.459 e. The fourth-order valence-electron chi connectivity index (χ4n) is 3.83. The van der Waals surface area contributed by atoms with Crippen molar-refractivity contribution >= 4 is 11.8 Å². The van der Waals surface area contributed by atoms with Gasteiger partial charge in [-0.1, -0.05) is 19.3 Å². The van der Waals surface area contributed by atoms with Crippen molar-refractivity contribution in [2.45, 2.75) is 37.6 Å². The predicted molar refractivity (Wildman–Crippen MR) is 92.3 cm³/mol. The van der Waals surface area contributed by atoms with Crippen LogP contribution in [0, 0.1) is 0 Å². The van der Waals surface area contributed by atoms with Gasteiger partial charge in [-0.25, -0.2) is 0 Å². The lowest BCUT2D eigenvalue weighted by Crippen LogP contribution is -2.60. The van der Waals surface area contributed by atoms with Crippen molar-refractivity contribution in [3.63, 3.8) is 0 Å². The monoisotopic (exact) mass is 349 g/mol. The number of carbonyl (C=O) groups is 2. The molecule has 2 fully saturated rings. The highest BCUT2D eigenvalue weighted by Crippen LogP contribution is 2.33. The van der Waals surface area contributed by atoms with Crippen LogP contribution in [0.2, 0.25) is 0 Å². The Hall–Kier alpha value is -1.86. The first kappa shape index (κ1) is 17.9. The zero-order valence-electron chi connectivity index (χ0n) is 14.6. The lowest BCUT2D eigenvalue weighted by molar-refractivity contribution is -0.121. The number of amides is 2. The van der Waals surface area contributed by atoms with Crippen molar-refractivity contribution < 1.29 is 18.7 Å². The van der Waals surface area contributed by atoms with Gasteiger partial charge in [-0.2, -0.15) is 0 Å². The van der Waals surface area contributed by atoms with Crippen LogP contribution < -0.4 is 10.6 Å². The molecule has 0 spiro atoms. The van der Waals surface area contributed by atoms with Crippen molar-refractivity contribution in [1.29, 1.82) is 0 Å².